The van der Waals surface area contributed by atoms with Crippen molar-refractivity contribution < 1.29 is 189 Å². The van der Waals surface area contributed by atoms with Crippen molar-refractivity contribution in [3.8, 4) is 0 Å². The lowest BCUT2D eigenvalue weighted by atomic mass is 9.83. The van der Waals surface area contributed by atoms with Crippen LogP contribution in [-0.4, -0.2) is 127 Å². The minimum Gasteiger partial charge on any atom is -0.303 e. The van der Waals surface area contributed by atoms with Gasteiger partial charge in [0.1, 0.15) is 5.60 Å². The highest BCUT2D eigenvalue weighted by Crippen LogP contribution is 2.75. The topological polar surface area (TPSA) is 668 Å². The highest BCUT2D eigenvalue weighted by molar-refractivity contribution is 7.49. The smallest absolute Gasteiger partial charge is 0.303 e. The summed E-state index contributed by atoms with van der Waals surface area (Å²) in [6.07, 6.45) is 0. The van der Waals surface area contributed by atoms with Gasteiger partial charge < -0.3 is 97.9 Å². The predicted octanol–water partition coefficient (Wildman–Crippen LogP) is -4.40. The van der Waals surface area contributed by atoms with Gasteiger partial charge in [-0.25, -0.2) is 86.4 Å². The van der Waals surface area contributed by atoms with E-state index >= 15 is 0 Å². The fourth-order valence-corrected chi connectivity index (χ4v) is 10.2. The SMILES string of the molecule is CC(C)(OP(=O)(O)O)C(OP(=O)(O)O)(OP(=O)(O)O)C(OP(=O)(O)O)(OP(=O)(O)O)C(OP(=O)(O)O)(OP(=O)(O)O)C(OP(=O)(O)O)(OP(=O)(O)O)OP(=O)(O)O. The Morgan fingerprint density at radius 3 is 0.579 bits per heavy atom. The fraction of sp³-hybridized carbons (Fsp3) is 1.00. The summed E-state index contributed by atoms with van der Waals surface area (Å²) in [4.78, 5) is 195. The molecule has 0 spiro atoms. The van der Waals surface area contributed by atoms with E-state index in [1.54, 1.807) is 0 Å². The number of rotatable bonds is 24. The first-order chi connectivity index (χ1) is 24.1. The van der Waals surface area contributed by atoms with Crippen LogP contribution in [0.1, 0.15) is 13.8 Å². The van der Waals surface area contributed by atoms with Crippen LogP contribution >= 0.6 is 78.2 Å². The molecule has 0 aliphatic heterocycles. The standard InChI is InChI=1S/C7H26O40P10/c1-3(2,38-48(8,9)10)4(39-49(11,12)13,40-50(14,15)16)5(41-51(17,18)19,42-52(20,21)22)6(43-53(23,24)25,44-54(26,27)28)7(45-55(29,30)31,46-56(32,33)34)47-57(35,36)37/h1-2H3,(H2,8,9,10)(H2,11,12,13)(H2,14,15,16)(H2,17,18,19)(H2,20,21,22)(H2,23,24,25)(H2,26,27,28)(H2,29,30,31)(H2,32,33,34)(H2,35,36,37). The summed E-state index contributed by atoms with van der Waals surface area (Å²) in [5.41, 5.74) is -5.00. The molecule has 0 aromatic rings. The van der Waals surface area contributed by atoms with E-state index in [0.29, 0.717) is 0 Å². The summed E-state index contributed by atoms with van der Waals surface area (Å²) in [6.45, 7) is -1.20. The molecule has 0 unspecified atom stereocenters. The average molecular weight is 1060 g/mol. The third kappa shape index (κ3) is 18.4. The van der Waals surface area contributed by atoms with Gasteiger partial charge in [0.05, 0.1) is 0 Å². The third-order valence-electron chi connectivity index (χ3n) is 4.61. The van der Waals surface area contributed by atoms with E-state index in [0.717, 1.165) is 0 Å². The Kier molecular flexibility index (Phi) is 17.9. The summed E-state index contributed by atoms with van der Waals surface area (Å²) in [5, 5.41) is 0. The Bertz CT molecular complexity index is 1800. The van der Waals surface area contributed by atoms with Crippen LogP contribution in [0.4, 0.5) is 0 Å². The van der Waals surface area contributed by atoms with Crippen molar-refractivity contribution in [1.29, 1.82) is 0 Å². The molecular weight excluding hydrogens is 1030 g/mol. The van der Waals surface area contributed by atoms with Crippen LogP contribution in [-0.2, 0) is 90.9 Å². The molecule has 0 saturated heterocycles. The maximum absolute atomic E-state index is 12.6. The third-order valence-corrected chi connectivity index (χ3v) is 9.71. The maximum Gasteiger partial charge on any atom is 0.474 e. The molecule has 0 rings (SSSR count). The minimum absolute atomic E-state index is 0.600. The molecule has 0 radical (unpaired) electrons. The van der Waals surface area contributed by atoms with E-state index in [9.17, 15) is 144 Å². The van der Waals surface area contributed by atoms with Crippen molar-refractivity contribution in [2.75, 3.05) is 0 Å². The molecule has 0 aromatic heterocycles. The van der Waals surface area contributed by atoms with Crippen molar-refractivity contribution in [3.05, 3.63) is 0 Å². The van der Waals surface area contributed by atoms with Gasteiger partial charge in [0, 0.05) is 0 Å². The van der Waals surface area contributed by atoms with Crippen LogP contribution in [0.15, 0.2) is 0 Å². The van der Waals surface area contributed by atoms with E-state index in [1.807, 2.05) is 0 Å². The summed E-state index contributed by atoms with van der Waals surface area (Å²) < 4.78 is 160. The largest absolute Gasteiger partial charge is 0.474 e. The highest BCUT2D eigenvalue weighted by Gasteiger charge is 2.92. The molecule has 0 bridgehead atoms. The van der Waals surface area contributed by atoms with Crippen LogP contribution in [0, 0.1) is 0 Å². The quantitative estimate of drug-likeness (QED) is 0.0321. The molecular formula is C7H26O40P10. The van der Waals surface area contributed by atoms with Gasteiger partial charge in [-0.05, 0) is 13.8 Å². The summed E-state index contributed by atoms with van der Waals surface area (Å²) in [5.74, 6) is -28.3. The van der Waals surface area contributed by atoms with Gasteiger partial charge in [-0.1, -0.05) is 0 Å². The first-order valence-electron chi connectivity index (χ1n) is 11.7. The first kappa shape index (κ1) is 58.1. The number of phosphoric ester groups is 10. The van der Waals surface area contributed by atoms with E-state index < -0.39 is 121 Å². The molecule has 0 aliphatic carbocycles. The molecule has 344 valence electrons. The zero-order chi connectivity index (χ0) is 46.6. The maximum atomic E-state index is 12.6. The molecule has 20 N–H and O–H groups in total. The molecule has 40 nitrogen and oxygen atoms in total. The lowest BCUT2D eigenvalue weighted by molar-refractivity contribution is -0.511. The van der Waals surface area contributed by atoms with Gasteiger partial charge in [0.15, 0.2) is 0 Å². The van der Waals surface area contributed by atoms with Gasteiger partial charge in [0.2, 0.25) is 0 Å². The fourth-order valence-electron chi connectivity index (χ4n) is 3.74. The van der Waals surface area contributed by atoms with Crippen molar-refractivity contribution in [2.45, 2.75) is 42.8 Å². The van der Waals surface area contributed by atoms with Gasteiger partial charge in [-0.2, -0.15) is 0 Å². The Labute approximate surface area is 309 Å². The zero-order valence-corrected chi connectivity index (χ0v) is 35.0. The molecule has 50 heteroatoms. The second-order valence-corrected chi connectivity index (χ2v) is 21.4. The van der Waals surface area contributed by atoms with E-state index in [2.05, 4.69) is 45.2 Å². The summed E-state index contributed by atoms with van der Waals surface area (Å²) >= 11 is 0. The van der Waals surface area contributed by atoms with Crippen molar-refractivity contribution >= 4 is 78.2 Å². The van der Waals surface area contributed by atoms with E-state index in [4.69, 9.17) is 0 Å². The molecule has 0 heterocycles. The van der Waals surface area contributed by atoms with Crippen LogP contribution in [0.5, 0.6) is 0 Å². The second-order valence-electron chi connectivity index (χ2n) is 9.73. The second kappa shape index (κ2) is 17.6. The van der Waals surface area contributed by atoms with Crippen molar-refractivity contribution in [2.24, 2.45) is 0 Å². The normalized spacial score (nSPS) is 16.2. The molecule has 0 amide bonds. The Morgan fingerprint density at radius 1 is 0.246 bits per heavy atom. The van der Waals surface area contributed by atoms with Crippen LogP contribution < -0.4 is 0 Å². The highest BCUT2D eigenvalue weighted by atomic mass is 31.2. The predicted molar refractivity (Wildman–Crippen MR) is 156 cm³/mol. The Balaban J connectivity index is 11.2. The molecule has 0 fully saturated rings. The lowest BCUT2D eigenvalue weighted by Gasteiger charge is -2.59. The minimum atomic E-state index is -7.99. The van der Waals surface area contributed by atoms with Crippen LogP contribution in [0.3, 0.4) is 0 Å². The zero-order valence-electron chi connectivity index (χ0n) is 26.1. The lowest BCUT2D eigenvalue weighted by Crippen LogP contribution is -2.83. The van der Waals surface area contributed by atoms with Gasteiger partial charge in [-0.3, -0.25) is 4.52 Å². The molecule has 57 heavy (non-hydrogen) atoms. The van der Waals surface area contributed by atoms with Crippen molar-refractivity contribution in [3.63, 3.8) is 0 Å². The van der Waals surface area contributed by atoms with Gasteiger partial charge >= 0.3 is 95.8 Å². The monoisotopic (exact) mass is 1060 g/mol. The molecule has 0 aliphatic rings. The van der Waals surface area contributed by atoms with Gasteiger partial charge in [-0.15, -0.1) is 0 Å². The number of hydrogen-bond donors (Lipinski definition) is 20. The van der Waals surface area contributed by atoms with E-state index in [-0.39, 0.29) is 0 Å². The summed E-state index contributed by atoms with van der Waals surface area (Å²) in [7, 11) is -77.4. The van der Waals surface area contributed by atoms with Crippen LogP contribution in [0.25, 0.3) is 0 Å². The number of hydrogen-bond acceptors (Lipinski definition) is 20. The molecule has 0 atom stereocenters. The van der Waals surface area contributed by atoms with Crippen molar-refractivity contribution in [1.82, 2.24) is 0 Å². The van der Waals surface area contributed by atoms with Gasteiger partial charge in [0.25, 0.3) is 5.79 Å². The number of phosphoric acid groups is 10. The molecule has 0 aromatic carbocycles. The Hall–Kier alpha value is 1.10. The van der Waals surface area contributed by atoms with E-state index in [1.165, 1.54) is 0 Å². The Morgan fingerprint density at radius 2 is 0.404 bits per heavy atom. The summed E-state index contributed by atoms with van der Waals surface area (Å²) in [6, 6.07) is 0. The molecule has 0 saturated carbocycles. The average Bonchev–Trinajstić information content (AvgIpc) is 2.71. The first-order valence-corrected chi connectivity index (χ1v) is 27.0. The van der Waals surface area contributed by atoms with Crippen LogP contribution in [0.2, 0.25) is 0 Å².